The predicted octanol–water partition coefficient (Wildman–Crippen LogP) is 3.55. The second-order valence-corrected chi connectivity index (χ2v) is 6.77. The Bertz CT molecular complexity index is 790. The summed E-state index contributed by atoms with van der Waals surface area (Å²) in [6.07, 6.45) is 7.34. The van der Waals surface area contributed by atoms with Crippen LogP contribution < -0.4 is 4.74 Å². The second-order valence-electron chi connectivity index (χ2n) is 6.77. The van der Waals surface area contributed by atoms with Crippen LogP contribution in [0.2, 0.25) is 0 Å². The molecule has 4 rings (SSSR count). The molecule has 0 N–H and O–H groups in total. The van der Waals surface area contributed by atoms with Gasteiger partial charge in [-0.25, -0.2) is 4.98 Å². The van der Waals surface area contributed by atoms with Gasteiger partial charge in [-0.05, 0) is 25.0 Å². The first kappa shape index (κ1) is 16.2. The third kappa shape index (κ3) is 2.81. The number of carbonyl (C=O) groups is 1. The predicted molar refractivity (Wildman–Crippen MR) is 85.9 cm³/mol. The van der Waals surface area contributed by atoms with Gasteiger partial charge in [0.15, 0.2) is 12.0 Å². The van der Waals surface area contributed by atoms with Crippen LogP contribution in [-0.2, 0) is 12.5 Å². The lowest BCUT2D eigenvalue weighted by molar-refractivity contribution is -0.0312. The molecule has 0 bridgehead atoms. The lowest BCUT2D eigenvalue weighted by Crippen LogP contribution is -2.32. The van der Waals surface area contributed by atoms with Crippen molar-refractivity contribution in [2.75, 3.05) is 6.61 Å². The van der Waals surface area contributed by atoms with E-state index in [-0.39, 0.29) is 28.8 Å². The van der Waals surface area contributed by atoms with Crippen LogP contribution in [0.3, 0.4) is 0 Å². The summed E-state index contributed by atoms with van der Waals surface area (Å²) in [6.45, 7) is -0.275. The summed E-state index contributed by atoms with van der Waals surface area (Å²) < 4.78 is 37.1. The summed E-state index contributed by atoms with van der Waals surface area (Å²) in [5.74, 6) is -2.95. The molecule has 1 fully saturated rings. The number of hydrogen-bond donors (Lipinski definition) is 0. The highest BCUT2D eigenvalue weighted by Crippen LogP contribution is 2.43. The van der Waals surface area contributed by atoms with Gasteiger partial charge in [-0.3, -0.25) is 9.48 Å². The van der Waals surface area contributed by atoms with Crippen molar-refractivity contribution in [1.82, 2.24) is 14.8 Å². The van der Waals surface area contributed by atoms with Crippen molar-refractivity contribution in [2.24, 2.45) is 5.92 Å². The van der Waals surface area contributed by atoms with Crippen molar-refractivity contribution in [1.29, 1.82) is 0 Å². The minimum Gasteiger partial charge on any atom is -0.490 e. The van der Waals surface area contributed by atoms with Gasteiger partial charge >= 0.3 is 0 Å². The van der Waals surface area contributed by atoms with E-state index in [1.54, 1.807) is 6.20 Å². The summed E-state index contributed by atoms with van der Waals surface area (Å²) in [6, 6.07) is 3.07. The molecule has 132 valence electrons. The Hall–Kier alpha value is -2.31. The van der Waals surface area contributed by atoms with Crippen molar-refractivity contribution in [3.63, 3.8) is 0 Å². The molecule has 2 aromatic rings. The largest absolute Gasteiger partial charge is 0.490 e. The Morgan fingerprint density at radius 2 is 2.08 bits per heavy atom. The molecule has 25 heavy (non-hydrogen) atoms. The van der Waals surface area contributed by atoms with E-state index in [1.807, 2.05) is 6.07 Å². The van der Waals surface area contributed by atoms with Crippen LogP contribution in [0.1, 0.15) is 53.3 Å². The number of fused-ring (bicyclic) bond motifs is 4. The molecule has 1 aliphatic heterocycles. The highest BCUT2D eigenvalue weighted by Gasteiger charge is 2.40. The van der Waals surface area contributed by atoms with Crippen LogP contribution in [0.5, 0.6) is 5.75 Å². The molecule has 2 aromatic heterocycles. The van der Waals surface area contributed by atoms with Crippen LogP contribution in [0.15, 0.2) is 24.5 Å². The molecule has 0 saturated heterocycles. The van der Waals surface area contributed by atoms with Gasteiger partial charge in [-0.15, -0.1) is 0 Å². The van der Waals surface area contributed by atoms with Crippen molar-refractivity contribution < 1.29 is 18.3 Å². The molecular weight excluding hydrogens is 328 g/mol. The maximum Gasteiger partial charge on any atom is 0.296 e. The molecule has 0 radical (unpaired) electrons. The molecule has 5 nitrogen and oxygen atoms in total. The highest BCUT2D eigenvalue weighted by molar-refractivity contribution is 5.77. The maximum absolute atomic E-state index is 15.0. The molecule has 3 heterocycles. The molecule has 0 amide bonds. The van der Waals surface area contributed by atoms with Crippen LogP contribution in [-0.4, -0.2) is 27.7 Å². The van der Waals surface area contributed by atoms with Crippen molar-refractivity contribution in [3.05, 3.63) is 41.5 Å². The summed E-state index contributed by atoms with van der Waals surface area (Å²) in [4.78, 5) is 15.2. The average Bonchev–Trinajstić information content (AvgIpc) is 3.06. The minimum absolute atomic E-state index is 0.0780. The average molecular weight is 347 g/mol. The molecule has 0 spiro atoms. The van der Waals surface area contributed by atoms with E-state index in [4.69, 9.17) is 4.74 Å². The number of hydrogen-bond acceptors (Lipinski definition) is 4. The number of carbonyl (C=O) groups excluding carboxylic acids is 1. The van der Waals surface area contributed by atoms with E-state index in [0.717, 1.165) is 31.4 Å². The number of nitrogens with zero attached hydrogens (tertiary/aromatic N) is 3. The van der Waals surface area contributed by atoms with E-state index in [1.165, 1.54) is 16.9 Å². The van der Waals surface area contributed by atoms with E-state index < -0.39 is 12.5 Å². The van der Waals surface area contributed by atoms with Gasteiger partial charge in [0, 0.05) is 29.9 Å². The SMILES string of the molecule is O=Cc1nccc2c1OCC1CCCCC1c1ccnn1CC2(F)F. The van der Waals surface area contributed by atoms with Gasteiger partial charge in [0.25, 0.3) is 5.92 Å². The lowest BCUT2D eigenvalue weighted by atomic mass is 9.77. The molecule has 2 unspecified atom stereocenters. The maximum atomic E-state index is 15.0. The van der Waals surface area contributed by atoms with Gasteiger partial charge in [0.2, 0.25) is 0 Å². The standard InChI is InChI=1S/C18H19F2N3O2/c19-18(20)11-23-16(6-8-22-23)13-4-2-1-3-12(13)10-25-17-14(18)5-7-21-15(17)9-24/h5-9,12-13H,1-4,10-11H2. The quantitative estimate of drug-likeness (QED) is 0.740. The zero-order valence-corrected chi connectivity index (χ0v) is 13.7. The number of halogens is 2. The third-order valence-electron chi connectivity index (χ3n) is 5.27. The first-order valence-corrected chi connectivity index (χ1v) is 8.57. The number of aldehydes is 1. The highest BCUT2D eigenvalue weighted by atomic mass is 19.3. The second kappa shape index (κ2) is 6.20. The normalized spacial score (nSPS) is 25.0. The van der Waals surface area contributed by atoms with Crippen molar-refractivity contribution in [3.8, 4) is 5.75 Å². The number of pyridine rings is 1. The number of rotatable bonds is 1. The zero-order chi connectivity index (χ0) is 17.4. The topological polar surface area (TPSA) is 57.0 Å². The summed E-state index contributed by atoms with van der Waals surface area (Å²) in [7, 11) is 0. The molecule has 2 aliphatic rings. The first-order valence-electron chi connectivity index (χ1n) is 8.57. The van der Waals surface area contributed by atoms with Crippen molar-refractivity contribution in [2.45, 2.75) is 44.1 Å². The van der Waals surface area contributed by atoms with Gasteiger partial charge in [-0.2, -0.15) is 13.9 Å². The van der Waals surface area contributed by atoms with Crippen LogP contribution in [0, 0.1) is 5.92 Å². The fraction of sp³-hybridized carbons (Fsp3) is 0.500. The first-order chi connectivity index (χ1) is 12.1. The molecular formula is C18H19F2N3O2. The lowest BCUT2D eigenvalue weighted by Gasteiger charge is -2.34. The molecule has 0 aromatic carbocycles. The van der Waals surface area contributed by atoms with Gasteiger partial charge in [-0.1, -0.05) is 12.8 Å². The Labute approximate surface area is 144 Å². The Morgan fingerprint density at radius 3 is 2.92 bits per heavy atom. The fourth-order valence-electron chi connectivity index (χ4n) is 4.04. The van der Waals surface area contributed by atoms with E-state index in [9.17, 15) is 13.6 Å². The minimum atomic E-state index is -3.21. The fourth-order valence-corrected chi connectivity index (χ4v) is 4.04. The monoisotopic (exact) mass is 347 g/mol. The zero-order valence-electron chi connectivity index (χ0n) is 13.7. The summed E-state index contributed by atoms with van der Waals surface area (Å²) in [5, 5.41) is 4.14. The van der Waals surface area contributed by atoms with E-state index in [0.29, 0.717) is 12.9 Å². The third-order valence-corrected chi connectivity index (χ3v) is 5.27. The Kier molecular flexibility index (Phi) is 4.01. The van der Waals surface area contributed by atoms with Gasteiger partial charge in [0.05, 0.1) is 12.2 Å². The van der Waals surface area contributed by atoms with Crippen LogP contribution >= 0.6 is 0 Å². The molecule has 7 heteroatoms. The molecule has 2 atom stereocenters. The van der Waals surface area contributed by atoms with Crippen LogP contribution in [0.4, 0.5) is 8.78 Å². The summed E-state index contributed by atoms with van der Waals surface area (Å²) >= 11 is 0. The molecule has 1 saturated carbocycles. The number of ether oxygens (including phenoxy) is 1. The molecule has 1 aliphatic carbocycles. The Balaban J connectivity index is 1.84. The smallest absolute Gasteiger partial charge is 0.296 e. The van der Waals surface area contributed by atoms with E-state index in [2.05, 4.69) is 10.1 Å². The van der Waals surface area contributed by atoms with Gasteiger partial charge < -0.3 is 4.74 Å². The number of alkyl halides is 2. The van der Waals surface area contributed by atoms with Gasteiger partial charge in [0.1, 0.15) is 12.2 Å². The Morgan fingerprint density at radius 1 is 1.24 bits per heavy atom. The number of aromatic nitrogens is 3. The van der Waals surface area contributed by atoms with Crippen molar-refractivity contribution >= 4 is 6.29 Å². The summed E-state index contributed by atoms with van der Waals surface area (Å²) in [5.41, 5.74) is 0.465. The van der Waals surface area contributed by atoms with E-state index >= 15 is 0 Å². The van der Waals surface area contributed by atoms with Crippen LogP contribution in [0.25, 0.3) is 0 Å².